The Morgan fingerprint density at radius 3 is 2.79 bits per heavy atom. The van der Waals surface area contributed by atoms with Gasteiger partial charge in [-0.25, -0.2) is 13.8 Å². The molecule has 6 heteroatoms. The summed E-state index contributed by atoms with van der Waals surface area (Å²) < 4.78 is 25.7. The van der Waals surface area contributed by atoms with Crippen LogP contribution in [0.1, 0.15) is 12.0 Å². The number of nitrogens with one attached hydrogen (secondary N) is 1. The van der Waals surface area contributed by atoms with Crippen molar-refractivity contribution in [2.24, 2.45) is 0 Å². The van der Waals surface area contributed by atoms with Gasteiger partial charge in [-0.05, 0) is 39.7 Å². The van der Waals surface area contributed by atoms with Crippen molar-refractivity contribution in [3.8, 4) is 0 Å². The fourth-order valence-corrected chi connectivity index (χ4v) is 1.83. The van der Waals surface area contributed by atoms with Crippen LogP contribution in [0, 0.1) is 0 Å². The quantitative estimate of drug-likeness (QED) is 0.843. The lowest BCUT2D eigenvalue weighted by atomic mass is 10.2. The van der Waals surface area contributed by atoms with Crippen LogP contribution in [0.3, 0.4) is 0 Å². The molecule has 0 fully saturated rings. The second-order valence-corrected chi connectivity index (χ2v) is 3.90. The highest BCUT2D eigenvalue weighted by Gasteiger charge is 2.16. The van der Waals surface area contributed by atoms with Gasteiger partial charge in [0.1, 0.15) is 0 Å². The zero-order valence-electron chi connectivity index (χ0n) is 6.69. The predicted octanol–water partition coefficient (Wildman–Crippen LogP) is 3.92. The molecule has 1 heterocycles. The number of benzene rings is 1. The van der Waals surface area contributed by atoms with Crippen LogP contribution >= 0.6 is 27.5 Å². The van der Waals surface area contributed by atoms with Gasteiger partial charge in [0.05, 0.1) is 11.0 Å². The Labute approximate surface area is 91.4 Å². The Bertz CT molecular complexity index is 483. The molecule has 2 rings (SSSR count). The molecule has 0 spiro atoms. The van der Waals surface area contributed by atoms with Crippen LogP contribution in [-0.2, 0) is 0 Å². The van der Waals surface area contributed by atoms with E-state index in [2.05, 4.69) is 25.9 Å². The topological polar surface area (TPSA) is 28.7 Å². The Morgan fingerprint density at radius 1 is 1.43 bits per heavy atom. The standard InChI is InChI=1S/C8H4BrClF2N2/c9-4-2-1-3(7(11)12)5-6(4)14-8(10)13-5/h1-2,7H,(H,13,14). The van der Waals surface area contributed by atoms with E-state index in [9.17, 15) is 8.78 Å². The average Bonchev–Trinajstić information content (AvgIpc) is 2.47. The maximum Gasteiger partial charge on any atom is 0.266 e. The number of hydrogen-bond acceptors (Lipinski definition) is 1. The highest BCUT2D eigenvalue weighted by molar-refractivity contribution is 9.10. The molecule has 1 aromatic carbocycles. The van der Waals surface area contributed by atoms with Gasteiger partial charge < -0.3 is 4.98 Å². The maximum atomic E-state index is 12.5. The molecular formula is C8H4BrClF2N2. The molecular weight excluding hydrogens is 277 g/mol. The predicted molar refractivity (Wildman–Crippen MR) is 53.8 cm³/mol. The minimum atomic E-state index is -2.55. The molecule has 0 bridgehead atoms. The summed E-state index contributed by atoms with van der Waals surface area (Å²) in [5.41, 5.74) is 0.582. The molecule has 1 N–H and O–H groups in total. The number of alkyl halides is 2. The molecule has 0 amide bonds. The molecule has 0 radical (unpaired) electrons. The Kier molecular flexibility index (Phi) is 2.45. The largest absolute Gasteiger partial charge is 0.328 e. The lowest BCUT2D eigenvalue weighted by Crippen LogP contribution is -1.86. The summed E-state index contributed by atoms with van der Waals surface area (Å²) >= 11 is 8.82. The van der Waals surface area contributed by atoms with E-state index in [0.29, 0.717) is 9.99 Å². The van der Waals surface area contributed by atoms with Crippen molar-refractivity contribution in [1.29, 1.82) is 0 Å². The fourth-order valence-electron chi connectivity index (χ4n) is 1.23. The van der Waals surface area contributed by atoms with Crippen molar-refractivity contribution in [2.45, 2.75) is 6.43 Å². The lowest BCUT2D eigenvalue weighted by Gasteiger charge is -2.00. The van der Waals surface area contributed by atoms with Gasteiger partial charge in [-0.15, -0.1) is 0 Å². The molecule has 0 saturated heterocycles. The summed E-state index contributed by atoms with van der Waals surface area (Å²) in [5, 5.41) is 0.105. The summed E-state index contributed by atoms with van der Waals surface area (Å²) in [6.07, 6.45) is -2.55. The number of halogens is 4. The van der Waals surface area contributed by atoms with Crippen molar-refractivity contribution < 1.29 is 8.78 Å². The minimum Gasteiger partial charge on any atom is -0.328 e. The van der Waals surface area contributed by atoms with Crippen molar-refractivity contribution >= 4 is 38.6 Å². The summed E-state index contributed by atoms with van der Waals surface area (Å²) in [5.74, 6) is 0. The number of aromatic amines is 1. The molecule has 2 aromatic rings. The van der Waals surface area contributed by atoms with Gasteiger partial charge in [-0.2, -0.15) is 0 Å². The van der Waals surface area contributed by atoms with Gasteiger partial charge in [0.2, 0.25) is 5.28 Å². The van der Waals surface area contributed by atoms with Crippen LogP contribution < -0.4 is 0 Å². The van der Waals surface area contributed by atoms with Crippen molar-refractivity contribution in [3.63, 3.8) is 0 Å². The van der Waals surface area contributed by atoms with Crippen molar-refractivity contribution in [1.82, 2.24) is 9.97 Å². The van der Waals surface area contributed by atoms with Crippen LogP contribution in [0.4, 0.5) is 8.78 Å². The van der Waals surface area contributed by atoms with Crippen LogP contribution in [0.5, 0.6) is 0 Å². The second-order valence-electron chi connectivity index (χ2n) is 2.69. The van der Waals surface area contributed by atoms with Gasteiger partial charge in [-0.1, -0.05) is 0 Å². The van der Waals surface area contributed by atoms with Crippen LogP contribution in [0.15, 0.2) is 16.6 Å². The number of imidazole rings is 1. The molecule has 0 aliphatic carbocycles. The van der Waals surface area contributed by atoms with Crippen LogP contribution in [0.2, 0.25) is 5.28 Å². The third kappa shape index (κ3) is 1.50. The van der Waals surface area contributed by atoms with Gasteiger partial charge in [0.15, 0.2) is 0 Å². The van der Waals surface area contributed by atoms with Gasteiger partial charge in [-0.3, -0.25) is 0 Å². The van der Waals surface area contributed by atoms with Crippen LogP contribution in [-0.4, -0.2) is 9.97 Å². The number of hydrogen-bond donors (Lipinski definition) is 1. The molecule has 0 aliphatic heterocycles. The van der Waals surface area contributed by atoms with E-state index < -0.39 is 6.43 Å². The average molecular weight is 281 g/mol. The first-order chi connectivity index (χ1) is 6.59. The first kappa shape index (κ1) is 9.86. The van der Waals surface area contributed by atoms with E-state index in [1.807, 2.05) is 0 Å². The Morgan fingerprint density at radius 2 is 2.14 bits per heavy atom. The number of fused-ring (bicyclic) bond motifs is 1. The molecule has 1 aromatic heterocycles. The summed E-state index contributed by atoms with van der Waals surface area (Å²) in [4.78, 5) is 6.49. The van der Waals surface area contributed by atoms with Crippen LogP contribution in [0.25, 0.3) is 11.0 Å². The number of H-pyrrole nitrogens is 1. The molecule has 0 atom stereocenters. The molecule has 0 aliphatic rings. The fraction of sp³-hybridized carbons (Fsp3) is 0.125. The number of rotatable bonds is 1. The third-order valence-corrected chi connectivity index (χ3v) is 2.67. The number of aromatic nitrogens is 2. The first-order valence-electron chi connectivity index (χ1n) is 3.71. The monoisotopic (exact) mass is 280 g/mol. The highest BCUT2D eigenvalue weighted by atomic mass is 79.9. The van der Waals surface area contributed by atoms with Gasteiger partial charge in [0.25, 0.3) is 6.43 Å². The normalized spacial score (nSPS) is 11.5. The Hall–Kier alpha value is -0.680. The minimum absolute atomic E-state index is 0.105. The van der Waals surface area contributed by atoms with Crippen molar-refractivity contribution in [2.75, 3.05) is 0 Å². The van der Waals surface area contributed by atoms with Gasteiger partial charge in [0, 0.05) is 10.0 Å². The highest BCUT2D eigenvalue weighted by Crippen LogP contribution is 2.31. The van der Waals surface area contributed by atoms with Crippen molar-refractivity contribution in [3.05, 3.63) is 27.5 Å². The second kappa shape index (κ2) is 3.47. The first-order valence-corrected chi connectivity index (χ1v) is 4.88. The Balaban J connectivity index is 2.81. The summed E-state index contributed by atoms with van der Waals surface area (Å²) in [6.45, 7) is 0. The molecule has 0 saturated carbocycles. The molecule has 14 heavy (non-hydrogen) atoms. The van der Waals surface area contributed by atoms with E-state index in [1.165, 1.54) is 6.07 Å². The number of nitrogens with zero attached hydrogens (tertiary/aromatic N) is 1. The summed E-state index contributed by atoms with van der Waals surface area (Å²) in [6, 6.07) is 2.87. The van der Waals surface area contributed by atoms with E-state index >= 15 is 0 Å². The molecule has 2 nitrogen and oxygen atoms in total. The SMILES string of the molecule is FC(F)c1ccc(Br)c2[nH]c(Cl)nc12. The van der Waals surface area contributed by atoms with E-state index in [-0.39, 0.29) is 16.4 Å². The molecule has 0 unspecified atom stereocenters. The third-order valence-electron chi connectivity index (χ3n) is 1.83. The zero-order chi connectivity index (χ0) is 10.3. The van der Waals surface area contributed by atoms with E-state index in [0.717, 1.165) is 0 Å². The maximum absolute atomic E-state index is 12.5. The summed E-state index contributed by atoms with van der Waals surface area (Å²) in [7, 11) is 0. The smallest absolute Gasteiger partial charge is 0.266 e. The van der Waals surface area contributed by atoms with E-state index in [4.69, 9.17) is 11.6 Å². The molecule has 74 valence electrons. The zero-order valence-corrected chi connectivity index (χ0v) is 9.03. The van der Waals surface area contributed by atoms with E-state index in [1.54, 1.807) is 6.07 Å². The van der Waals surface area contributed by atoms with Gasteiger partial charge >= 0.3 is 0 Å². The lowest BCUT2D eigenvalue weighted by molar-refractivity contribution is 0.153.